The van der Waals surface area contributed by atoms with Crippen molar-refractivity contribution in [3.8, 4) is 0 Å². The van der Waals surface area contributed by atoms with E-state index < -0.39 is 0 Å². The number of hydrogen-bond donors (Lipinski definition) is 0. The van der Waals surface area contributed by atoms with Crippen molar-refractivity contribution in [3.05, 3.63) is 68.8 Å². The lowest BCUT2D eigenvalue weighted by atomic mass is 9.97. The molecule has 0 saturated heterocycles. The van der Waals surface area contributed by atoms with Gasteiger partial charge in [0.25, 0.3) is 5.56 Å². The predicted molar refractivity (Wildman–Crippen MR) is 122 cm³/mol. The second kappa shape index (κ2) is 8.67. The van der Waals surface area contributed by atoms with E-state index in [1.54, 1.807) is 22.0 Å². The highest BCUT2D eigenvalue weighted by Crippen LogP contribution is 2.34. The maximum Gasteiger partial charge on any atom is 0.263 e. The van der Waals surface area contributed by atoms with Crippen molar-refractivity contribution < 1.29 is 4.79 Å². The molecule has 0 fully saturated rings. The molecular formula is C23H24N2O2S2. The molecule has 3 aromatic rings. The predicted octanol–water partition coefficient (Wildman–Crippen LogP) is 5.06. The number of fused-ring (bicyclic) bond motifs is 3. The van der Waals surface area contributed by atoms with Crippen LogP contribution in [-0.4, -0.2) is 21.1 Å². The first-order valence-corrected chi connectivity index (χ1v) is 11.8. The average Bonchev–Trinajstić information content (AvgIpc) is 3.13. The molecule has 4 rings (SSSR count). The number of ketones is 1. The van der Waals surface area contributed by atoms with Gasteiger partial charge in [0.2, 0.25) is 0 Å². The normalized spacial score (nSPS) is 13.4. The van der Waals surface area contributed by atoms with E-state index in [1.807, 2.05) is 24.3 Å². The second-order valence-corrected chi connectivity index (χ2v) is 9.28. The fraction of sp³-hybridized carbons (Fsp3) is 0.348. The monoisotopic (exact) mass is 424 g/mol. The third-order valence-corrected chi connectivity index (χ3v) is 7.53. The molecule has 0 bridgehead atoms. The van der Waals surface area contributed by atoms with Crippen molar-refractivity contribution >= 4 is 39.1 Å². The second-order valence-electron chi connectivity index (χ2n) is 7.25. The van der Waals surface area contributed by atoms with Gasteiger partial charge in [-0.2, -0.15) is 0 Å². The summed E-state index contributed by atoms with van der Waals surface area (Å²) in [5.41, 5.74) is 3.09. The SMILES string of the molecule is C=CCn1c(SCC(=O)c2ccc(CC)cc2)nc2sc3c(c2c1=O)CCCC3. The van der Waals surface area contributed by atoms with Crippen molar-refractivity contribution in [2.24, 2.45) is 0 Å². The van der Waals surface area contributed by atoms with Crippen LogP contribution < -0.4 is 5.56 Å². The molecule has 1 aliphatic carbocycles. The number of hydrogen-bond acceptors (Lipinski definition) is 5. The summed E-state index contributed by atoms with van der Waals surface area (Å²) in [7, 11) is 0. The summed E-state index contributed by atoms with van der Waals surface area (Å²) in [5.74, 6) is 0.300. The van der Waals surface area contributed by atoms with Crippen LogP contribution >= 0.6 is 23.1 Å². The molecule has 0 N–H and O–H groups in total. The number of thioether (sulfide) groups is 1. The Morgan fingerprint density at radius 1 is 1.28 bits per heavy atom. The number of nitrogens with zero attached hydrogens (tertiary/aromatic N) is 2. The molecule has 6 heteroatoms. The van der Waals surface area contributed by atoms with E-state index in [2.05, 4.69) is 13.5 Å². The molecule has 0 saturated carbocycles. The first kappa shape index (κ1) is 20.1. The van der Waals surface area contributed by atoms with Crippen molar-refractivity contribution in [2.45, 2.75) is 50.7 Å². The minimum absolute atomic E-state index is 0.00320. The van der Waals surface area contributed by atoms with Crippen LogP contribution in [0.25, 0.3) is 10.2 Å². The average molecular weight is 425 g/mol. The molecule has 29 heavy (non-hydrogen) atoms. The maximum absolute atomic E-state index is 13.2. The quantitative estimate of drug-likeness (QED) is 0.230. The largest absolute Gasteiger partial charge is 0.293 e. The molecular weight excluding hydrogens is 400 g/mol. The van der Waals surface area contributed by atoms with Crippen molar-refractivity contribution in [3.63, 3.8) is 0 Å². The van der Waals surface area contributed by atoms with E-state index in [-0.39, 0.29) is 17.1 Å². The van der Waals surface area contributed by atoms with Gasteiger partial charge in [-0.25, -0.2) is 4.98 Å². The Hall–Kier alpha value is -2.18. The summed E-state index contributed by atoms with van der Waals surface area (Å²) in [6, 6.07) is 7.74. The van der Waals surface area contributed by atoms with E-state index in [0.717, 1.165) is 35.9 Å². The maximum atomic E-state index is 13.2. The summed E-state index contributed by atoms with van der Waals surface area (Å²) in [4.78, 5) is 32.8. The van der Waals surface area contributed by atoms with Gasteiger partial charge in [0.15, 0.2) is 10.9 Å². The zero-order chi connectivity index (χ0) is 20.4. The lowest BCUT2D eigenvalue weighted by molar-refractivity contribution is 0.102. The van der Waals surface area contributed by atoms with Gasteiger partial charge in [0.05, 0.1) is 11.1 Å². The molecule has 150 valence electrons. The van der Waals surface area contributed by atoms with E-state index in [4.69, 9.17) is 4.98 Å². The zero-order valence-electron chi connectivity index (χ0n) is 16.6. The number of benzene rings is 1. The van der Waals surface area contributed by atoms with Gasteiger partial charge in [-0.05, 0) is 43.2 Å². The summed E-state index contributed by atoms with van der Waals surface area (Å²) < 4.78 is 1.66. The number of aromatic nitrogens is 2. The minimum atomic E-state index is -0.00320. The van der Waals surface area contributed by atoms with Gasteiger partial charge >= 0.3 is 0 Å². The number of carbonyl (C=O) groups excluding carboxylic acids is 1. The minimum Gasteiger partial charge on any atom is -0.293 e. The van der Waals surface area contributed by atoms with Gasteiger partial charge in [0.1, 0.15) is 4.83 Å². The van der Waals surface area contributed by atoms with Gasteiger partial charge in [-0.1, -0.05) is 49.0 Å². The Morgan fingerprint density at radius 2 is 2.03 bits per heavy atom. The summed E-state index contributed by atoms with van der Waals surface area (Å²) >= 11 is 2.98. The molecule has 4 nitrogen and oxygen atoms in total. The smallest absolute Gasteiger partial charge is 0.263 e. The molecule has 2 heterocycles. The molecule has 0 unspecified atom stereocenters. The third kappa shape index (κ3) is 3.96. The number of Topliss-reactive ketones (excluding diaryl/α,β-unsaturated/α-hetero) is 1. The standard InChI is InChI=1S/C23H24N2O2S2/c1-3-13-25-22(27)20-17-7-5-6-8-19(17)29-21(20)24-23(25)28-14-18(26)16-11-9-15(4-2)10-12-16/h3,9-12H,1,4-8,13-14H2,2H3. The van der Waals surface area contributed by atoms with Crippen LogP contribution in [0.1, 0.15) is 46.1 Å². The van der Waals surface area contributed by atoms with Crippen LogP contribution in [-0.2, 0) is 25.8 Å². The van der Waals surface area contributed by atoms with Crippen LogP contribution in [0.2, 0.25) is 0 Å². The Bertz CT molecular complexity index is 1130. The summed E-state index contributed by atoms with van der Waals surface area (Å²) in [5, 5.41) is 1.37. The van der Waals surface area contributed by atoms with Crippen molar-refractivity contribution in [1.82, 2.24) is 9.55 Å². The first-order chi connectivity index (χ1) is 14.1. The number of allylic oxidation sites excluding steroid dienone is 1. The lowest BCUT2D eigenvalue weighted by Gasteiger charge is -2.12. The van der Waals surface area contributed by atoms with Gasteiger partial charge < -0.3 is 0 Å². The summed E-state index contributed by atoms with van der Waals surface area (Å²) in [6.45, 7) is 6.28. The highest BCUT2D eigenvalue weighted by molar-refractivity contribution is 7.99. The number of rotatable bonds is 7. The molecule has 1 aliphatic rings. The van der Waals surface area contributed by atoms with Crippen LogP contribution in [0, 0.1) is 0 Å². The van der Waals surface area contributed by atoms with Crippen LogP contribution in [0.15, 0.2) is 46.9 Å². The molecule has 0 aliphatic heterocycles. The van der Waals surface area contributed by atoms with E-state index in [9.17, 15) is 9.59 Å². The molecule has 0 amide bonds. The lowest BCUT2D eigenvalue weighted by Crippen LogP contribution is -2.23. The Balaban J connectivity index is 1.65. The fourth-order valence-electron chi connectivity index (χ4n) is 3.76. The molecule has 0 radical (unpaired) electrons. The number of aryl methyl sites for hydroxylation is 3. The number of thiophene rings is 1. The van der Waals surface area contributed by atoms with Crippen LogP contribution in [0.4, 0.5) is 0 Å². The van der Waals surface area contributed by atoms with Gasteiger partial charge in [-0.15, -0.1) is 17.9 Å². The zero-order valence-corrected chi connectivity index (χ0v) is 18.2. The summed E-state index contributed by atoms with van der Waals surface area (Å²) in [6.07, 6.45) is 6.95. The molecule has 2 aromatic heterocycles. The van der Waals surface area contributed by atoms with E-state index in [1.165, 1.54) is 34.2 Å². The highest BCUT2D eigenvalue weighted by Gasteiger charge is 2.22. The Morgan fingerprint density at radius 3 is 2.76 bits per heavy atom. The Labute approximate surface area is 178 Å². The van der Waals surface area contributed by atoms with Crippen molar-refractivity contribution in [2.75, 3.05) is 5.75 Å². The highest BCUT2D eigenvalue weighted by atomic mass is 32.2. The van der Waals surface area contributed by atoms with E-state index >= 15 is 0 Å². The Kier molecular flexibility index (Phi) is 6.01. The molecule has 1 aromatic carbocycles. The van der Waals surface area contributed by atoms with Crippen molar-refractivity contribution in [1.29, 1.82) is 0 Å². The fourth-order valence-corrected chi connectivity index (χ4v) is 5.97. The van der Waals surface area contributed by atoms with Crippen LogP contribution in [0.3, 0.4) is 0 Å². The van der Waals surface area contributed by atoms with E-state index in [0.29, 0.717) is 17.3 Å². The van der Waals surface area contributed by atoms with Gasteiger partial charge in [-0.3, -0.25) is 14.2 Å². The number of carbonyl (C=O) groups is 1. The van der Waals surface area contributed by atoms with Crippen LogP contribution in [0.5, 0.6) is 0 Å². The molecule has 0 atom stereocenters. The third-order valence-electron chi connectivity index (χ3n) is 5.37. The topological polar surface area (TPSA) is 52.0 Å². The molecule has 0 spiro atoms. The first-order valence-electron chi connectivity index (χ1n) is 10.0. The van der Waals surface area contributed by atoms with Gasteiger partial charge in [0, 0.05) is 17.0 Å².